The SMILES string of the molecule is Cc1cc(C(=O)/C=C/c2cccc(Br)c2)c(C)o1. The van der Waals surface area contributed by atoms with Crippen molar-refractivity contribution in [2.45, 2.75) is 13.8 Å². The van der Waals surface area contributed by atoms with E-state index in [1.165, 1.54) is 0 Å². The number of carbonyl (C=O) groups is 1. The Kier molecular flexibility index (Phi) is 3.82. The van der Waals surface area contributed by atoms with Crippen molar-refractivity contribution in [1.82, 2.24) is 0 Å². The van der Waals surface area contributed by atoms with Crippen LogP contribution in [-0.4, -0.2) is 5.78 Å². The van der Waals surface area contributed by atoms with Gasteiger partial charge in [-0.15, -0.1) is 0 Å². The summed E-state index contributed by atoms with van der Waals surface area (Å²) in [5.74, 6) is 1.38. The molecular formula is C15H13BrO2. The number of benzene rings is 1. The van der Waals surface area contributed by atoms with Crippen LogP contribution in [0.1, 0.15) is 27.4 Å². The third-order valence-electron chi connectivity index (χ3n) is 2.58. The summed E-state index contributed by atoms with van der Waals surface area (Å²) in [7, 11) is 0. The zero-order valence-corrected chi connectivity index (χ0v) is 11.8. The summed E-state index contributed by atoms with van der Waals surface area (Å²) >= 11 is 3.40. The molecule has 0 amide bonds. The molecule has 0 aliphatic carbocycles. The van der Waals surface area contributed by atoms with E-state index in [9.17, 15) is 4.79 Å². The van der Waals surface area contributed by atoms with Crippen LogP contribution in [0.5, 0.6) is 0 Å². The van der Waals surface area contributed by atoms with Crippen molar-refractivity contribution in [2.24, 2.45) is 0 Å². The molecule has 0 atom stereocenters. The second kappa shape index (κ2) is 5.36. The van der Waals surface area contributed by atoms with Crippen LogP contribution in [-0.2, 0) is 0 Å². The molecule has 2 rings (SSSR count). The van der Waals surface area contributed by atoms with E-state index < -0.39 is 0 Å². The van der Waals surface area contributed by atoms with Crippen molar-refractivity contribution in [1.29, 1.82) is 0 Å². The number of carbonyl (C=O) groups excluding carboxylic acids is 1. The van der Waals surface area contributed by atoms with Crippen molar-refractivity contribution in [3.05, 3.63) is 63.5 Å². The van der Waals surface area contributed by atoms with E-state index in [0.29, 0.717) is 11.3 Å². The fraction of sp³-hybridized carbons (Fsp3) is 0.133. The third kappa shape index (κ3) is 2.99. The summed E-state index contributed by atoms with van der Waals surface area (Å²) in [5.41, 5.74) is 1.61. The largest absolute Gasteiger partial charge is 0.466 e. The molecule has 0 radical (unpaired) electrons. The van der Waals surface area contributed by atoms with E-state index in [1.54, 1.807) is 25.1 Å². The van der Waals surface area contributed by atoms with Crippen LogP contribution in [0.4, 0.5) is 0 Å². The van der Waals surface area contributed by atoms with Gasteiger partial charge in [-0.2, -0.15) is 0 Å². The molecular weight excluding hydrogens is 292 g/mol. The number of hydrogen-bond donors (Lipinski definition) is 0. The Bertz CT molecular complexity index is 609. The Balaban J connectivity index is 2.19. The standard InChI is InChI=1S/C15H13BrO2/c1-10-8-14(11(2)18-10)15(17)7-6-12-4-3-5-13(16)9-12/h3-9H,1-2H3/b7-6+. The molecule has 92 valence electrons. The average molecular weight is 305 g/mol. The fourth-order valence-electron chi connectivity index (χ4n) is 1.75. The zero-order valence-electron chi connectivity index (χ0n) is 10.2. The van der Waals surface area contributed by atoms with Gasteiger partial charge in [0.2, 0.25) is 0 Å². The molecule has 3 heteroatoms. The average Bonchev–Trinajstić information content (AvgIpc) is 2.66. The van der Waals surface area contributed by atoms with Crippen molar-refractivity contribution >= 4 is 27.8 Å². The highest BCUT2D eigenvalue weighted by Crippen LogP contribution is 2.16. The summed E-state index contributed by atoms with van der Waals surface area (Å²) in [6.45, 7) is 3.63. The van der Waals surface area contributed by atoms with Crippen LogP contribution in [0.25, 0.3) is 6.08 Å². The molecule has 0 N–H and O–H groups in total. The van der Waals surface area contributed by atoms with Crippen molar-refractivity contribution in [3.63, 3.8) is 0 Å². The molecule has 0 saturated carbocycles. The molecule has 0 aliphatic rings. The number of aryl methyl sites for hydroxylation is 2. The lowest BCUT2D eigenvalue weighted by molar-refractivity contribution is 0.104. The number of rotatable bonds is 3. The minimum Gasteiger partial charge on any atom is -0.466 e. The maximum absolute atomic E-state index is 12.0. The quantitative estimate of drug-likeness (QED) is 0.615. The fourth-order valence-corrected chi connectivity index (χ4v) is 2.16. The first kappa shape index (κ1) is 12.8. The van der Waals surface area contributed by atoms with Crippen LogP contribution < -0.4 is 0 Å². The summed E-state index contributed by atoms with van der Waals surface area (Å²) in [6.07, 6.45) is 3.37. The van der Waals surface area contributed by atoms with Crippen LogP contribution in [0, 0.1) is 13.8 Å². The van der Waals surface area contributed by atoms with E-state index in [0.717, 1.165) is 15.8 Å². The lowest BCUT2D eigenvalue weighted by Crippen LogP contribution is -1.93. The second-order valence-corrected chi connectivity index (χ2v) is 5.00. The van der Waals surface area contributed by atoms with Gasteiger partial charge in [0.05, 0.1) is 5.56 Å². The zero-order chi connectivity index (χ0) is 13.1. The number of furan rings is 1. The van der Waals surface area contributed by atoms with Gasteiger partial charge in [0.1, 0.15) is 11.5 Å². The monoisotopic (exact) mass is 304 g/mol. The van der Waals surface area contributed by atoms with Gasteiger partial charge >= 0.3 is 0 Å². The lowest BCUT2D eigenvalue weighted by Gasteiger charge is -1.94. The third-order valence-corrected chi connectivity index (χ3v) is 3.08. The van der Waals surface area contributed by atoms with Crippen molar-refractivity contribution in [2.75, 3.05) is 0 Å². The van der Waals surface area contributed by atoms with E-state index in [-0.39, 0.29) is 5.78 Å². The van der Waals surface area contributed by atoms with Crippen molar-refractivity contribution in [3.8, 4) is 0 Å². The summed E-state index contributed by atoms with van der Waals surface area (Å²) in [4.78, 5) is 12.0. The Morgan fingerprint density at radius 1 is 1.28 bits per heavy atom. The molecule has 0 aliphatic heterocycles. The summed E-state index contributed by atoms with van der Waals surface area (Å²) in [6, 6.07) is 9.55. The van der Waals surface area contributed by atoms with E-state index in [2.05, 4.69) is 15.9 Å². The van der Waals surface area contributed by atoms with Gasteiger partial charge in [0.15, 0.2) is 5.78 Å². The highest BCUT2D eigenvalue weighted by Gasteiger charge is 2.10. The maximum atomic E-state index is 12.0. The van der Waals surface area contributed by atoms with Crippen molar-refractivity contribution < 1.29 is 9.21 Å². The molecule has 0 fully saturated rings. The normalized spacial score (nSPS) is 11.1. The molecule has 0 spiro atoms. The van der Waals surface area contributed by atoms with Gasteiger partial charge in [-0.05, 0) is 43.7 Å². The van der Waals surface area contributed by atoms with Gasteiger partial charge < -0.3 is 4.42 Å². The van der Waals surface area contributed by atoms with Gasteiger partial charge in [-0.25, -0.2) is 0 Å². The first-order valence-electron chi connectivity index (χ1n) is 5.61. The Labute approximate surface area is 114 Å². The molecule has 2 nitrogen and oxygen atoms in total. The molecule has 1 heterocycles. The molecule has 0 saturated heterocycles. The van der Waals surface area contributed by atoms with E-state index >= 15 is 0 Å². The van der Waals surface area contributed by atoms with Crippen LogP contribution >= 0.6 is 15.9 Å². The molecule has 18 heavy (non-hydrogen) atoms. The highest BCUT2D eigenvalue weighted by molar-refractivity contribution is 9.10. The predicted octanol–water partition coefficient (Wildman–Crippen LogP) is 4.56. The van der Waals surface area contributed by atoms with E-state index in [1.807, 2.05) is 31.2 Å². The van der Waals surface area contributed by atoms with E-state index in [4.69, 9.17) is 4.42 Å². The number of halogens is 1. The Hall–Kier alpha value is -1.61. The minimum atomic E-state index is -0.0377. The summed E-state index contributed by atoms with van der Waals surface area (Å²) in [5, 5.41) is 0. The molecule has 1 aromatic heterocycles. The number of allylic oxidation sites excluding steroid dienone is 1. The molecule has 2 aromatic rings. The maximum Gasteiger partial charge on any atom is 0.189 e. The summed E-state index contributed by atoms with van der Waals surface area (Å²) < 4.78 is 6.34. The first-order valence-corrected chi connectivity index (χ1v) is 6.40. The molecule has 0 unspecified atom stereocenters. The minimum absolute atomic E-state index is 0.0377. The highest BCUT2D eigenvalue weighted by atomic mass is 79.9. The number of hydrogen-bond acceptors (Lipinski definition) is 2. The van der Waals surface area contributed by atoms with Crippen LogP contribution in [0.3, 0.4) is 0 Å². The van der Waals surface area contributed by atoms with Crippen LogP contribution in [0.15, 0.2) is 45.3 Å². The molecule has 1 aromatic carbocycles. The number of ketones is 1. The lowest BCUT2D eigenvalue weighted by atomic mass is 10.1. The molecule has 0 bridgehead atoms. The smallest absolute Gasteiger partial charge is 0.189 e. The first-order chi connectivity index (χ1) is 8.56. The van der Waals surface area contributed by atoms with Crippen LogP contribution in [0.2, 0.25) is 0 Å². The Morgan fingerprint density at radius 3 is 2.67 bits per heavy atom. The van der Waals surface area contributed by atoms with Gasteiger partial charge in [-0.3, -0.25) is 4.79 Å². The second-order valence-electron chi connectivity index (χ2n) is 4.08. The van der Waals surface area contributed by atoms with Gasteiger partial charge in [-0.1, -0.05) is 34.1 Å². The van der Waals surface area contributed by atoms with Gasteiger partial charge in [0, 0.05) is 4.47 Å². The van der Waals surface area contributed by atoms with Gasteiger partial charge in [0.25, 0.3) is 0 Å². The topological polar surface area (TPSA) is 30.2 Å². The predicted molar refractivity (Wildman–Crippen MR) is 75.7 cm³/mol. The Morgan fingerprint density at radius 2 is 2.06 bits per heavy atom.